The van der Waals surface area contributed by atoms with Gasteiger partial charge in [0.25, 0.3) is 5.91 Å². The molecule has 1 heterocycles. The molecule has 0 radical (unpaired) electrons. The van der Waals surface area contributed by atoms with Crippen molar-refractivity contribution < 1.29 is 28.6 Å². The van der Waals surface area contributed by atoms with E-state index in [4.69, 9.17) is 19.9 Å². The molecule has 24 heavy (non-hydrogen) atoms. The highest BCUT2D eigenvalue weighted by atomic mass is 16.6. The average Bonchev–Trinajstić information content (AvgIpc) is 2.78. The summed E-state index contributed by atoms with van der Waals surface area (Å²) in [7, 11) is 0. The van der Waals surface area contributed by atoms with E-state index in [0.29, 0.717) is 11.5 Å². The van der Waals surface area contributed by atoms with Crippen LogP contribution < -0.4 is 20.5 Å². The predicted octanol–water partition coefficient (Wildman–Crippen LogP) is 0.906. The summed E-state index contributed by atoms with van der Waals surface area (Å²) in [6.07, 6.45) is -0.417. The van der Waals surface area contributed by atoms with Crippen LogP contribution in [0.4, 0.5) is 4.79 Å². The van der Waals surface area contributed by atoms with Crippen molar-refractivity contribution in [2.75, 3.05) is 6.61 Å². The highest BCUT2D eigenvalue weighted by Crippen LogP contribution is 2.41. The second kappa shape index (κ2) is 6.77. The Bertz CT molecular complexity index is 671. The molecule has 2 rings (SSSR count). The van der Waals surface area contributed by atoms with E-state index in [1.807, 2.05) is 31.3 Å². The maximum atomic E-state index is 11.8. The summed E-state index contributed by atoms with van der Waals surface area (Å²) in [6.45, 7) is 4.85. The summed E-state index contributed by atoms with van der Waals surface area (Å²) in [5.74, 6) is -0.516. The fraction of sp³-hybridized carbons (Fsp3) is 0.438. The lowest BCUT2D eigenvalue weighted by atomic mass is 10.0. The van der Waals surface area contributed by atoms with Crippen molar-refractivity contribution in [1.29, 1.82) is 0 Å². The van der Waals surface area contributed by atoms with Crippen LogP contribution in [0.1, 0.15) is 26.3 Å². The van der Waals surface area contributed by atoms with Gasteiger partial charge in [0.15, 0.2) is 24.2 Å². The molecule has 1 atom stereocenters. The lowest BCUT2D eigenvalue weighted by Crippen LogP contribution is -2.42. The van der Waals surface area contributed by atoms with E-state index in [2.05, 4.69) is 0 Å². The minimum Gasteiger partial charge on any atom is -0.483 e. The van der Waals surface area contributed by atoms with Crippen molar-refractivity contribution in [1.82, 2.24) is 5.32 Å². The van der Waals surface area contributed by atoms with E-state index in [1.54, 1.807) is 6.07 Å². The van der Waals surface area contributed by atoms with Gasteiger partial charge in [0.05, 0.1) is 0 Å². The molecule has 0 spiro atoms. The number of hydrogen-bond donors (Lipinski definition) is 2. The van der Waals surface area contributed by atoms with Gasteiger partial charge in [-0.1, -0.05) is 12.1 Å². The number of amides is 3. The topological polar surface area (TPSA) is 117 Å². The number of benzene rings is 1. The average molecular weight is 336 g/mol. The summed E-state index contributed by atoms with van der Waals surface area (Å²) in [4.78, 5) is 33.8. The number of hydrogen-bond acceptors (Lipinski definition) is 6. The SMILES string of the molecule is C[C@@H](OC(=O)COc1cccc2c1OC(C)(C)C2)C(=O)NC(N)=O. The smallest absolute Gasteiger partial charge is 0.344 e. The normalized spacial score (nSPS) is 15.6. The van der Waals surface area contributed by atoms with E-state index in [0.717, 1.165) is 12.0 Å². The zero-order chi connectivity index (χ0) is 17.9. The molecule has 0 unspecified atom stereocenters. The lowest BCUT2D eigenvalue weighted by molar-refractivity contribution is -0.156. The monoisotopic (exact) mass is 336 g/mol. The molecule has 0 aromatic heterocycles. The minimum atomic E-state index is -1.16. The zero-order valence-electron chi connectivity index (χ0n) is 13.8. The van der Waals surface area contributed by atoms with Gasteiger partial charge >= 0.3 is 12.0 Å². The number of imide groups is 1. The molecule has 0 bridgehead atoms. The van der Waals surface area contributed by atoms with Crippen LogP contribution in [-0.4, -0.2) is 36.2 Å². The van der Waals surface area contributed by atoms with Crippen LogP contribution in [0.15, 0.2) is 18.2 Å². The van der Waals surface area contributed by atoms with Gasteiger partial charge in [-0.15, -0.1) is 0 Å². The number of ether oxygens (including phenoxy) is 3. The third-order valence-electron chi connectivity index (χ3n) is 3.32. The maximum absolute atomic E-state index is 11.8. The van der Waals surface area contributed by atoms with Crippen molar-refractivity contribution in [3.05, 3.63) is 23.8 Å². The second-order valence-electron chi connectivity index (χ2n) is 6.06. The van der Waals surface area contributed by atoms with E-state index in [9.17, 15) is 14.4 Å². The summed E-state index contributed by atoms with van der Waals surface area (Å²) < 4.78 is 16.1. The standard InChI is InChI=1S/C16H20N2O6/c1-9(14(20)18-15(17)21)23-12(19)8-22-11-6-4-5-10-7-16(2,3)24-13(10)11/h4-6,9H,7-8H2,1-3H3,(H3,17,18,20,21)/t9-/m1/s1. The molecule has 1 aromatic carbocycles. The minimum absolute atomic E-state index is 0.330. The number of carbonyl (C=O) groups excluding carboxylic acids is 3. The molecule has 0 saturated heterocycles. The lowest BCUT2D eigenvalue weighted by Gasteiger charge is -2.18. The van der Waals surface area contributed by atoms with Gasteiger partial charge < -0.3 is 19.9 Å². The molecule has 0 aliphatic carbocycles. The van der Waals surface area contributed by atoms with Crippen molar-refractivity contribution in [2.24, 2.45) is 5.73 Å². The van der Waals surface area contributed by atoms with Gasteiger partial charge in [0.2, 0.25) is 0 Å². The van der Waals surface area contributed by atoms with E-state index in [1.165, 1.54) is 6.92 Å². The number of carbonyl (C=O) groups is 3. The molecule has 8 nitrogen and oxygen atoms in total. The first-order valence-corrected chi connectivity index (χ1v) is 7.41. The number of nitrogens with two attached hydrogens (primary N) is 1. The van der Waals surface area contributed by atoms with Crippen LogP contribution in [0.5, 0.6) is 11.5 Å². The molecule has 1 aliphatic heterocycles. The molecule has 0 saturated carbocycles. The van der Waals surface area contributed by atoms with E-state index < -0.39 is 30.6 Å². The summed E-state index contributed by atoms with van der Waals surface area (Å²) >= 11 is 0. The number of esters is 1. The molecule has 1 aliphatic rings. The number of fused-ring (bicyclic) bond motifs is 1. The molecule has 3 amide bonds. The Labute approximate surface area is 139 Å². The number of urea groups is 1. The van der Waals surface area contributed by atoms with Gasteiger partial charge in [-0.2, -0.15) is 0 Å². The molecular weight excluding hydrogens is 316 g/mol. The van der Waals surface area contributed by atoms with Crippen LogP contribution >= 0.6 is 0 Å². The Morgan fingerprint density at radius 1 is 1.38 bits per heavy atom. The number of primary amides is 1. The van der Waals surface area contributed by atoms with Gasteiger partial charge in [-0.05, 0) is 26.8 Å². The summed E-state index contributed by atoms with van der Waals surface area (Å²) in [6, 6.07) is 4.42. The van der Waals surface area contributed by atoms with Crippen LogP contribution in [0.3, 0.4) is 0 Å². The third-order valence-corrected chi connectivity index (χ3v) is 3.32. The van der Waals surface area contributed by atoms with Crippen LogP contribution in [-0.2, 0) is 20.7 Å². The predicted molar refractivity (Wildman–Crippen MR) is 83.6 cm³/mol. The van der Waals surface area contributed by atoms with Crippen molar-refractivity contribution in [3.63, 3.8) is 0 Å². The number of rotatable bonds is 5. The Balaban J connectivity index is 1.91. The van der Waals surface area contributed by atoms with Gasteiger partial charge in [-0.3, -0.25) is 10.1 Å². The fourth-order valence-electron chi connectivity index (χ4n) is 2.35. The van der Waals surface area contributed by atoms with E-state index in [-0.39, 0.29) is 5.60 Å². The summed E-state index contributed by atoms with van der Waals surface area (Å²) in [5.41, 5.74) is 5.49. The van der Waals surface area contributed by atoms with Gasteiger partial charge in [-0.25, -0.2) is 9.59 Å². The van der Waals surface area contributed by atoms with Gasteiger partial charge in [0.1, 0.15) is 5.60 Å². The Morgan fingerprint density at radius 2 is 2.08 bits per heavy atom. The fourth-order valence-corrected chi connectivity index (χ4v) is 2.35. The van der Waals surface area contributed by atoms with Crippen LogP contribution in [0, 0.1) is 0 Å². The number of para-hydroxylation sites is 1. The summed E-state index contributed by atoms with van der Waals surface area (Å²) in [5, 5.41) is 1.83. The second-order valence-corrected chi connectivity index (χ2v) is 6.06. The Kier molecular flexibility index (Phi) is 4.96. The first-order chi connectivity index (χ1) is 11.2. The van der Waals surface area contributed by atoms with Crippen LogP contribution in [0.2, 0.25) is 0 Å². The molecular formula is C16H20N2O6. The molecule has 0 fully saturated rings. The first kappa shape index (κ1) is 17.6. The molecule has 1 aromatic rings. The Morgan fingerprint density at radius 3 is 2.75 bits per heavy atom. The maximum Gasteiger partial charge on any atom is 0.344 e. The highest BCUT2D eigenvalue weighted by Gasteiger charge is 2.32. The first-order valence-electron chi connectivity index (χ1n) is 7.41. The van der Waals surface area contributed by atoms with Crippen LogP contribution in [0.25, 0.3) is 0 Å². The van der Waals surface area contributed by atoms with E-state index >= 15 is 0 Å². The molecule has 130 valence electrons. The largest absolute Gasteiger partial charge is 0.483 e. The van der Waals surface area contributed by atoms with Crippen molar-refractivity contribution >= 4 is 17.9 Å². The highest BCUT2D eigenvalue weighted by molar-refractivity contribution is 5.96. The third kappa shape index (κ3) is 4.37. The van der Waals surface area contributed by atoms with Crippen molar-refractivity contribution in [3.8, 4) is 11.5 Å². The quantitative estimate of drug-likeness (QED) is 0.772. The van der Waals surface area contributed by atoms with Crippen molar-refractivity contribution in [2.45, 2.75) is 38.9 Å². The van der Waals surface area contributed by atoms with Gasteiger partial charge in [0, 0.05) is 12.0 Å². The molecule has 8 heteroatoms. The zero-order valence-corrected chi connectivity index (χ0v) is 13.8. The molecule has 3 N–H and O–H groups in total. The Hall–Kier alpha value is -2.77. The number of nitrogens with one attached hydrogen (secondary N) is 1.